The number of nitrogens with zero attached hydrogens (tertiary/aromatic N) is 4. The van der Waals surface area contributed by atoms with Crippen LogP contribution in [0.25, 0.3) is 16.2 Å². The van der Waals surface area contributed by atoms with Gasteiger partial charge in [0.2, 0.25) is 4.96 Å². The first-order valence-electron chi connectivity index (χ1n) is 7.61. The fourth-order valence-electron chi connectivity index (χ4n) is 2.39. The minimum Gasteiger partial charge on any atom is -0.378 e. The van der Waals surface area contributed by atoms with Crippen LogP contribution in [0.4, 0.5) is 10.1 Å². The van der Waals surface area contributed by atoms with Gasteiger partial charge < -0.3 is 5.32 Å². The van der Waals surface area contributed by atoms with Crippen LogP contribution >= 0.6 is 22.9 Å². The Hall–Kier alpha value is -2.84. The van der Waals surface area contributed by atoms with Gasteiger partial charge in [-0.1, -0.05) is 53.3 Å². The molecule has 2 aromatic carbocycles. The summed E-state index contributed by atoms with van der Waals surface area (Å²) in [5.74, 6) is -0.479. The first kappa shape index (κ1) is 16.6. The van der Waals surface area contributed by atoms with Crippen LogP contribution in [0.15, 0.2) is 53.3 Å². The van der Waals surface area contributed by atoms with Gasteiger partial charge in [-0.2, -0.15) is 9.61 Å². The minimum absolute atomic E-state index is 0.0360. The monoisotopic (exact) mass is 387 g/mol. The Balaban J connectivity index is 1.62. The number of aromatic nitrogens is 4. The average molecular weight is 388 g/mol. The quantitative estimate of drug-likeness (QED) is 0.579. The highest BCUT2D eigenvalue weighted by molar-refractivity contribution is 7.16. The number of rotatable bonds is 4. The van der Waals surface area contributed by atoms with E-state index in [2.05, 4.69) is 20.6 Å². The van der Waals surface area contributed by atoms with Gasteiger partial charge in [0, 0.05) is 11.3 Å². The van der Waals surface area contributed by atoms with E-state index in [1.165, 1.54) is 28.0 Å². The lowest BCUT2D eigenvalue weighted by Crippen LogP contribution is -2.19. The van der Waals surface area contributed by atoms with Gasteiger partial charge in [-0.3, -0.25) is 4.79 Å². The lowest BCUT2D eigenvalue weighted by Gasteiger charge is -2.04. The van der Waals surface area contributed by atoms with E-state index in [1.807, 2.05) is 18.2 Å². The summed E-state index contributed by atoms with van der Waals surface area (Å²) in [5, 5.41) is 16.2. The Bertz CT molecular complexity index is 1150. The van der Waals surface area contributed by atoms with Gasteiger partial charge in [0.1, 0.15) is 10.8 Å². The van der Waals surface area contributed by atoms with E-state index in [9.17, 15) is 9.18 Å². The van der Waals surface area contributed by atoms with Crippen molar-refractivity contribution in [3.05, 3.63) is 74.7 Å². The maximum Gasteiger partial charge on any atom is 0.302 e. The van der Waals surface area contributed by atoms with Gasteiger partial charge in [0.05, 0.1) is 11.6 Å². The fraction of sp³-hybridized carbons (Fsp3) is 0.0588. The molecule has 0 aliphatic rings. The molecule has 0 atom stereocenters. The Labute approximate surface area is 155 Å². The van der Waals surface area contributed by atoms with Crippen LogP contribution in [0.3, 0.4) is 0 Å². The Morgan fingerprint density at radius 3 is 2.73 bits per heavy atom. The maximum absolute atomic E-state index is 13.2. The van der Waals surface area contributed by atoms with Crippen molar-refractivity contribution in [2.24, 2.45) is 0 Å². The van der Waals surface area contributed by atoms with Crippen LogP contribution in [0.5, 0.6) is 0 Å². The van der Waals surface area contributed by atoms with Crippen molar-refractivity contribution in [3.63, 3.8) is 0 Å². The molecule has 0 aliphatic carbocycles. The summed E-state index contributed by atoms with van der Waals surface area (Å²) in [6.07, 6.45) is 0. The molecule has 4 rings (SSSR count). The van der Waals surface area contributed by atoms with E-state index < -0.39 is 5.82 Å². The van der Waals surface area contributed by atoms with Gasteiger partial charge in [-0.25, -0.2) is 4.39 Å². The van der Waals surface area contributed by atoms with Crippen LogP contribution in [-0.2, 0) is 6.54 Å². The van der Waals surface area contributed by atoms with Crippen LogP contribution in [0.1, 0.15) is 5.01 Å². The molecule has 26 heavy (non-hydrogen) atoms. The second kappa shape index (κ2) is 6.81. The van der Waals surface area contributed by atoms with E-state index in [0.717, 1.165) is 0 Å². The van der Waals surface area contributed by atoms with Crippen molar-refractivity contribution >= 4 is 33.6 Å². The molecule has 0 aliphatic heterocycles. The summed E-state index contributed by atoms with van der Waals surface area (Å²) in [4.78, 5) is 13.0. The van der Waals surface area contributed by atoms with Gasteiger partial charge in [0.15, 0.2) is 5.69 Å². The third kappa shape index (κ3) is 3.16. The number of halogens is 2. The summed E-state index contributed by atoms with van der Waals surface area (Å²) < 4.78 is 14.4. The second-order valence-electron chi connectivity index (χ2n) is 5.39. The van der Waals surface area contributed by atoms with E-state index in [1.54, 1.807) is 18.2 Å². The molecule has 0 fully saturated rings. The highest BCUT2D eigenvalue weighted by Gasteiger charge is 2.13. The van der Waals surface area contributed by atoms with Crippen LogP contribution in [0.2, 0.25) is 5.02 Å². The molecule has 2 heterocycles. The number of hydrogen-bond acceptors (Lipinski definition) is 6. The number of anilines is 1. The summed E-state index contributed by atoms with van der Waals surface area (Å²) in [6.45, 7) is 0.343. The maximum atomic E-state index is 13.2. The van der Waals surface area contributed by atoms with Crippen molar-refractivity contribution in [1.29, 1.82) is 0 Å². The molecular weight excluding hydrogens is 377 g/mol. The molecule has 2 aromatic heterocycles. The zero-order valence-corrected chi connectivity index (χ0v) is 14.8. The molecule has 4 aromatic rings. The zero-order valence-electron chi connectivity index (χ0n) is 13.2. The van der Waals surface area contributed by atoms with Gasteiger partial charge in [0.25, 0.3) is 0 Å². The standard InChI is InChI=1S/C17H11ClFN5OS/c18-12-8-11(6-7-13(12)19)20-9-14-23-24-16(25)15(21-22-17(24)26-14)10-4-2-1-3-5-10/h1-8,20H,9H2. The Kier molecular flexibility index (Phi) is 4.36. The van der Waals surface area contributed by atoms with Crippen LogP contribution in [0, 0.1) is 5.82 Å². The predicted molar refractivity (Wildman–Crippen MR) is 99.1 cm³/mol. The second-order valence-corrected chi connectivity index (χ2v) is 6.84. The first-order valence-corrected chi connectivity index (χ1v) is 8.81. The number of benzene rings is 2. The lowest BCUT2D eigenvalue weighted by atomic mass is 10.2. The lowest BCUT2D eigenvalue weighted by molar-refractivity contribution is 0.628. The molecule has 0 radical (unpaired) electrons. The van der Waals surface area contributed by atoms with E-state index in [-0.39, 0.29) is 16.3 Å². The Morgan fingerprint density at radius 2 is 1.96 bits per heavy atom. The topological polar surface area (TPSA) is 72.2 Å². The molecule has 0 saturated carbocycles. The normalized spacial score (nSPS) is 11.0. The number of nitrogens with one attached hydrogen (secondary N) is 1. The highest BCUT2D eigenvalue weighted by Crippen LogP contribution is 2.21. The SMILES string of the molecule is O=c1c(-c2ccccc2)nnc2sc(CNc3ccc(F)c(Cl)c3)nn12. The molecule has 0 saturated heterocycles. The predicted octanol–water partition coefficient (Wildman–Crippen LogP) is 3.62. The Morgan fingerprint density at radius 1 is 1.15 bits per heavy atom. The molecule has 0 spiro atoms. The fourth-order valence-corrected chi connectivity index (χ4v) is 3.34. The summed E-state index contributed by atoms with van der Waals surface area (Å²) in [6, 6.07) is 13.5. The zero-order chi connectivity index (χ0) is 18.1. The van der Waals surface area contributed by atoms with Crippen molar-refractivity contribution in [2.75, 3.05) is 5.32 Å². The van der Waals surface area contributed by atoms with E-state index in [0.29, 0.717) is 27.8 Å². The van der Waals surface area contributed by atoms with Gasteiger partial charge >= 0.3 is 5.56 Å². The molecule has 0 amide bonds. The summed E-state index contributed by atoms with van der Waals surface area (Å²) in [5.41, 5.74) is 1.26. The number of fused-ring (bicyclic) bond motifs is 1. The van der Waals surface area contributed by atoms with E-state index in [4.69, 9.17) is 11.6 Å². The number of hydrogen-bond donors (Lipinski definition) is 1. The average Bonchev–Trinajstić information content (AvgIpc) is 3.08. The van der Waals surface area contributed by atoms with Crippen molar-refractivity contribution in [3.8, 4) is 11.3 Å². The van der Waals surface area contributed by atoms with Gasteiger partial charge in [-0.05, 0) is 18.2 Å². The van der Waals surface area contributed by atoms with E-state index >= 15 is 0 Å². The molecule has 1 N–H and O–H groups in total. The molecule has 130 valence electrons. The van der Waals surface area contributed by atoms with Crippen LogP contribution in [-0.4, -0.2) is 19.8 Å². The first-order chi connectivity index (χ1) is 12.6. The summed E-state index contributed by atoms with van der Waals surface area (Å²) >= 11 is 7.02. The van der Waals surface area contributed by atoms with Crippen molar-refractivity contribution in [1.82, 2.24) is 19.8 Å². The smallest absolute Gasteiger partial charge is 0.302 e. The third-order valence-electron chi connectivity index (χ3n) is 3.64. The minimum atomic E-state index is -0.479. The molecule has 6 nitrogen and oxygen atoms in total. The summed E-state index contributed by atoms with van der Waals surface area (Å²) in [7, 11) is 0. The molecule has 0 bridgehead atoms. The third-order valence-corrected chi connectivity index (χ3v) is 4.83. The van der Waals surface area contributed by atoms with Crippen molar-refractivity contribution < 1.29 is 4.39 Å². The van der Waals surface area contributed by atoms with Crippen molar-refractivity contribution in [2.45, 2.75) is 6.54 Å². The highest BCUT2D eigenvalue weighted by atomic mass is 35.5. The van der Waals surface area contributed by atoms with Crippen LogP contribution < -0.4 is 10.9 Å². The molecular formula is C17H11ClFN5OS. The van der Waals surface area contributed by atoms with Gasteiger partial charge in [-0.15, -0.1) is 10.2 Å². The molecule has 9 heteroatoms. The largest absolute Gasteiger partial charge is 0.378 e. The molecule has 0 unspecified atom stereocenters.